The van der Waals surface area contributed by atoms with Crippen LogP contribution in [0.3, 0.4) is 0 Å². The Morgan fingerprint density at radius 2 is 2.07 bits per heavy atom. The highest BCUT2D eigenvalue weighted by molar-refractivity contribution is 6.30. The van der Waals surface area contributed by atoms with Crippen molar-refractivity contribution in [3.63, 3.8) is 0 Å². The van der Waals surface area contributed by atoms with E-state index in [1.54, 1.807) is 41.3 Å². The van der Waals surface area contributed by atoms with E-state index in [4.69, 9.17) is 16.1 Å². The maximum Gasteiger partial charge on any atom is 0.322 e. The van der Waals surface area contributed by atoms with E-state index in [2.05, 4.69) is 15.5 Å². The van der Waals surface area contributed by atoms with Crippen molar-refractivity contribution in [2.24, 2.45) is 0 Å². The van der Waals surface area contributed by atoms with E-state index in [1.165, 1.54) is 12.1 Å². The summed E-state index contributed by atoms with van der Waals surface area (Å²) in [7, 11) is 0. The molecule has 1 atom stereocenters. The lowest BCUT2D eigenvalue weighted by Gasteiger charge is -2.22. The Hall–Kier alpha value is -2.93. The molecule has 1 fully saturated rings. The van der Waals surface area contributed by atoms with Crippen LogP contribution in [-0.2, 0) is 0 Å². The summed E-state index contributed by atoms with van der Waals surface area (Å²) in [4.78, 5) is 18.7. The average Bonchev–Trinajstić information content (AvgIpc) is 3.31. The standard InChI is InChI=1S/C19H16ClFN4O2/c20-13-3-1-4-15(11-13)22-19(26)25-10-2-5-16(25)18-23-17(24-27-18)12-6-8-14(21)9-7-12/h1,3-4,6-9,11,16H,2,5,10H2,(H,22,26). The predicted octanol–water partition coefficient (Wildman–Crippen LogP) is 4.90. The number of carbonyl (C=O) groups is 1. The third kappa shape index (κ3) is 3.78. The smallest absolute Gasteiger partial charge is 0.322 e. The van der Waals surface area contributed by atoms with Gasteiger partial charge in [0, 0.05) is 22.8 Å². The van der Waals surface area contributed by atoms with Crippen LogP contribution in [0.5, 0.6) is 0 Å². The second-order valence-corrected chi connectivity index (χ2v) is 6.69. The normalized spacial score (nSPS) is 16.5. The van der Waals surface area contributed by atoms with Crippen LogP contribution >= 0.6 is 11.6 Å². The summed E-state index contributed by atoms with van der Waals surface area (Å²) in [5.74, 6) is 0.405. The molecule has 0 spiro atoms. The number of rotatable bonds is 3. The second-order valence-electron chi connectivity index (χ2n) is 6.26. The molecule has 2 aromatic carbocycles. The van der Waals surface area contributed by atoms with Gasteiger partial charge in [0.15, 0.2) is 0 Å². The van der Waals surface area contributed by atoms with Gasteiger partial charge < -0.3 is 14.7 Å². The van der Waals surface area contributed by atoms with Crippen LogP contribution in [0, 0.1) is 5.82 Å². The molecule has 0 radical (unpaired) electrons. The Labute approximate surface area is 159 Å². The maximum absolute atomic E-state index is 13.1. The van der Waals surface area contributed by atoms with Gasteiger partial charge in [-0.3, -0.25) is 0 Å². The van der Waals surface area contributed by atoms with Gasteiger partial charge in [-0.2, -0.15) is 4.98 Å². The number of nitrogens with one attached hydrogen (secondary N) is 1. The Bertz CT molecular complexity index is 960. The molecule has 0 aliphatic carbocycles. The van der Waals surface area contributed by atoms with Crippen LogP contribution in [0.25, 0.3) is 11.4 Å². The first-order valence-corrected chi connectivity index (χ1v) is 8.91. The number of hydrogen-bond acceptors (Lipinski definition) is 4. The first kappa shape index (κ1) is 17.5. The molecule has 2 amide bonds. The number of urea groups is 1. The number of hydrogen-bond donors (Lipinski definition) is 1. The number of aromatic nitrogens is 2. The van der Waals surface area contributed by atoms with Crippen molar-refractivity contribution < 1.29 is 13.7 Å². The SMILES string of the molecule is O=C(Nc1cccc(Cl)c1)N1CCCC1c1nc(-c2ccc(F)cc2)no1. The van der Waals surface area contributed by atoms with Gasteiger partial charge in [0.1, 0.15) is 11.9 Å². The molecule has 4 rings (SSSR count). The lowest BCUT2D eigenvalue weighted by Crippen LogP contribution is -2.34. The van der Waals surface area contributed by atoms with Gasteiger partial charge in [-0.25, -0.2) is 9.18 Å². The number of benzene rings is 2. The molecule has 1 aliphatic rings. The fourth-order valence-electron chi connectivity index (χ4n) is 3.11. The van der Waals surface area contributed by atoms with Crippen LogP contribution in [-0.4, -0.2) is 27.6 Å². The van der Waals surface area contributed by atoms with Gasteiger partial charge in [0.2, 0.25) is 11.7 Å². The molecule has 138 valence electrons. The number of amides is 2. The Kier molecular flexibility index (Phi) is 4.77. The number of likely N-dealkylation sites (tertiary alicyclic amines) is 1. The Balaban J connectivity index is 1.51. The molecule has 2 heterocycles. The van der Waals surface area contributed by atoms with Gasteiger partial charge in [0.25, 0.3) is 0 Å². The van der Waals surface area contributed by atoms with E-state index in [0.29, 0.717) is 34.5 Å². The molecule has 3 aromatic rings. The van der Waals surface area contributed by atoms with E-state index in [9.17, 15) is 9.18 Å². The predicted molar refractivity (Wildman–Crippen MR) is 98.8 cm³/mol. The monoisotopic (exact) mass is 386 g/mol. The minimum absolute atomic E-state index is 0.249. The maximum atomic E-state index is 13.1. The van der Waals surface area contributed by atoms with E-state index in [1.807, 2.05) is 0 Å². The topological polar surface area (TPSA) is 71.3 Å². The van der Waals surface area contributed by atoms with Crippen molar-refractivity contribution >= 4 is 23.3 Å². The highest BCUT2D eigenvalue weighted by atomic mass is 35.5. The van der Waals surface area contributed by atoms with Gasteiger partial charge in [-0.15, -0.1) is 0 Å². The molecular weight excluding hydrogens is 371 g/mol. The molecule has 0 saturated carbocycles. The van der Waals surface area contributed by atoms with Crippen molar-refractivity contribution in [3.8, 4) is 11.4 Å². The zero-order valence-electron chi connectivity index (χ0n) is 14.2. The zero-order chi connectivity index (χ0) is 18.8. The molecule has 1 N–H and O–H groups in total. The number of nitrogens with zero attached hydrogens (tertiary/aromatic N) is 3. The van der Waals surface area contributed by atoms with Crippen LogP contribution in [0.1, 0.15) is 24.8 Å². The zero-order valence-corrected chi connectivity index (χ0v) is 15.0. The number of carbonyl (C=O) groups excluding carboxylic acids is 1. The third-order valence-corrected chi connectivity index (χ3v) is 4.65. The molecule has 1 aromatic heterocycles. The Morgan fingerprint density at radius 3 is 2.85 bits per heavy atom. The van der Waals surface area contributed by atoms with Crippen molar-refractivity contribution in [2.75, 3.05) is 11.9 Å². The highest BCUT2D eigenvalue weighted by Gasteiger charge is 2.34. The number of halogens is 2. The largest absolute Gasteiger partial charge is 0.337 e. The van der Waals surface area contributed by atoms with Crippen molar-refractivity contribution in [2.45, 2.75) is 18.9 Å². The van der Waals surface area contributed by atoms with Gasteiger partial charge in [0.05, 0.1) is 0 Å². The first-order chi connectivity index (χ1) is 13.1. The van der Waals surface area contributed by atoms with Crippen LogP contribution in [0.15, 0.2) is 53.1 Å². The van der Waals surface area contributed by atoms with Gasteiger partial charge in [-0.05, 0) is 55.3 Å². The lowest BCUT2D eigenvalue weighted by atomic mass is 10.2. The molecule has 27 heavy (non-hydrogen) atoms. The van der Waals surface area contributed by atoms with E-state index in [-0.39, 0.29) is 17.9 Å². The molecule has 6 nitrogen and oxygen atoms in total. The molecule has 1 unspecified atom stereocenters. The van der Waals surface area contributed by atoms with Crippen molar-refractivity contribution in [1.82, 2.24) is 15.0 Å². The summed E-state index contributed by atoms with van der Waals surface area (Å²) in [6, 6.07) is 12.3. The quantitative estimate of drug-likeness (QED) is 0.695. The fraction of sp³-hybridized carbons (Fsp3) is 0.211. The summed E-state index contributed by atoms with van der Waals surface area (Å²) in [6.07, 6.45) is 1.57. The van der Waals surface area contributed by atoms with Crippen molar-refractivity contribution in [3.05, 3.63) is 65.3 Å². The van der Waals surface area contributed by atoms with E-state index >= 15 is 0 Å². The minimum Gasteiger partial charge on any atom is -0.337 e. The lowest BCUT2D eigenvalue weighted by molar-refractivity contribution is 0.193. The first-order valence-electron chi connectivity index (χ1n) is 8.53. The van der Waals surface area contributed by atoms with E-state index in [0.717, 1.165) is 12.8 Å². The summed E-state index contributed by atoms with van der Waals surface area (Å²) < 4.78 is 18.5. The molecule has 8 heteroatoms. The number of anilines is 1. The molecular formula is C19H16ClFN4O2. The second kappa shape index (κ2) is 7.36. The summed E-state index contributed by atoms with van der Waals surface area (Å²) >= 11 is 5.96. The van der Waals surface area contributed by atoms with Gasteiger partial charge >= 0.3 is 6.03 Å². The summed E-state index contributed by atoms with van der Waals surface area (Å²) in [6.45, 7) is 0.589. The van der Waals surface area contributed by atoms with Crippen molar-refractivity contribution in [1.29, 1.82) is 0 Å². The van der Waals surface area contributed by atoms with Crippen LogP contribution < -0.4 is 5.32 Å². The fourth-order valence-corrected chi connectivity index (χ4v) is 3.31. The average molecular weight is 387 g/mol. The summed E-state index contributed by atoms with van der Waals surface area (Å²) in [5.41, 5.74) is 1.27. The Morgan fingerprint density at radius 1 is 1.26 bits per heavy atom. The molecule has 1 aliphatic heterocycles. The third-order valence-electron chi connectivity index (χ3n) is 4.42. The van der Waals surface area contributed by atoms with E-state index < -0.39 is 0 Å². The molecule has 1 saturated heterocycles. The van der Waals surface area contributed by atoms with Crippen LogP contribution in [0.2, 0.25) is 5.02 Å². The summed E-state index contributed by atoms with van der Waals surface area (Å²) in [5, 5.41) is 7.35. The molecule has 0 bridgehead atoms. The minimum atomic E-state index is -0.331. The van der Waals surface area contributed by atoms with Crippen LogP contribution in [0.4, 0.5) is 14.9 Å². The highest BCUT2D eigenvalue weighted by Crippen LogP contribution is 2.32. The van der Waals surface area contributed by atoms with Gasteiger partial charge in [-0.1, -0.05) is 22.8 Å².